The number of methoxy groups -OCH3 is 2. The van der Waals surface area contributed by atoms with Gasteiger partial charge in [0.1, 0.15) is 29.4 Å². The van der Waals surface area contributed by atoms with Crippen LogP contribution in [0.25, 0.3) is 0 Å². The molecule has 0 bridgehead atoms. The van der Waals surface area contributed by atoms with Crippen molar-refractivity contribution >= 4 is 7.82 Å². The molecule has 0 spiro atoms. The van der Waals surface area contributed by atoms with Crippen LogP contribution in [-0.2, 0) is 28.7 Å². The summed E-state index contributed by atoms with van der Waals surface area (Å²) in [5, 5.41) is 0. The third kappa shape index (κ3) is 7.79. The maximum atomic E-state index is 12.9. The van der Waals surface area contributed by atoms with Crippen LogP contribution >= 0.6 is 7.82 Å². The molecule has 0 radical (unpaired) electrons. The monoisotopic (exact) mass is 681 g/mol. The highest BCUT2D eigenvalue weighted by atomic mass is 31.2. The number of aryl methyl sites for hydroxylation is 1. The number of nitrogens with one attached hydrogen (secondary N) is 1. The van der Waals surface area contributed by atoms with Crippen molar-refractivity contribution in [2.24, 2.45) is 5.73 Å². The fourth-order valence-corrected chi connectivity index (χ4v) is 6.44. The minimum atomic E-state index is -4.50. The Bertz CT molecular complexity index is 1760. The molecule has 3 aromatic carbocycles. The van der Waals surface area contributed by atoms with Gasteiger partial charge in [-0.1, -0.05) is 54.6 Å². The number of aromatic nitrogens is 2. The van der Waals surface area contributed by atoms with Gasteiger partial charge in [0.2, 0.25) is 0 Å². The van der Waals surface area contributed by atoms with E-state index in [1.165, 1.54) is 10.8 Å². The molecule has 1 unspecified atom stereocenters. The zero-order chi connectivity index (χ0) is 34.3. The zero-order valence-corrected chi connectivity index (χ0v) is 27.8. The summed E-state index contributed by atoms with van der Waals surface area (Å²) in [7, 11) is -1.33. The van der Waals surface area contributed by atoms with Crippen molar-refractivity contribution in [2.45, 2.75) is 43.8 Å². The number of benzene rings is 3. The number of hydrogen-bond donors (Lipinski definition) is 3. The summed E-state index contributed by atoms with van der Waals surface area (Å²) in [5.74, 6) is 1.29. The van der Waals surface area contributed by atoms with E-state index in [-0.39, 0.29) is 19.6 Å². The van der Waals surface area contributed by atoms with Gasteiger partial charge in [0, 0.05) is 18.2 Å². The maximum Gasteiger partial charge on any atom is 0.472 e. The Labute approximate surface area is 277 Å². The molecule has 0 aliphatic carbocycles. The highest BCUT2D eigenvalue weighted by molar-refractivity contribution is 7.47. The molecule has 4 atom stereocenters. The summed E-state index contributed by atoms with van der Waals surface area (Å²) in [4.78, 5) is 37.8. The standard InChI is InChI=1S/C34H40N3O10P/c1-23-21-37(33(39)36-32(23)38)31-20-29(30(46-31)22-45-48(40,41)44-19-7-18-35)47-34(24-8-5-4-6-9-24,25-10-14-27(42-2)15-11-25)26-12-16-28(43-3)17-13-26/h4-6,8-17,21,29-31H,7,18-20,22,35H2,1-3H3,(H,40,41)(H,36,38,39)/t29-,30+,31+/m0/s1. The van der Waals surface area contributed by atoms with Gasteiger partial charge in [0.25, 0.3) is 5.56 Å². The molecule has 256 valence electrons. The molecule has 1 aliphatic rings. The van der Waals surface area contributed by atoms with E-state index in [4.69, 9.17) is 33.7 Å². The first-order valence-corrected chi connectivity index (χ1v) is 16.9. The normalized spacial score (nSPS) is 19.1. The smallest absolute Gasteiger partial charge is 0.472 e. The molecule has 1 aromatic heterocycles. The van der Waals surface area contributed by atoms with Gasteiger partial charge in [-0.15, -0.1) is 0 Å². The van der Waals surface area contributed by atoms with Crippen LogP contribution in [0.1, 0.15) is 41.3 Å². The molecule has 5 rings (SSSR count). The van der Waals surface area contributed by atoms with Crippen LogP contribution < -0.4 is 26.5 Å². The molecule has 48 heavy (non-hydrogen) atoms. The lowest BCUT2D eigenvalue weighted by Gasteiger charge is -2.39. The summed E-state index contributed by atoms with van der Waals surface area (Å²) >= 11 is 0. The Kier molecular flexibility index (Phi) is 11.3. The highest BCUT2D eigenvalue weighted by Crippen LogP contribution is 2.48. The number of ether oxygens (including phenoxy) is 4. The molecular formula is C34H40N3O10P. The maximum absolute atomic E-state index is 12.9. The van der Waals surface area contributed by atoms with Crippen molar-refractivity contribution in [1.29, 1.82) is 0 Å². The number of H-pyrrole nitrogens is 1. The van der Waals surface area contributed by atoms with E-state index >= 15 is 0 Å². The lowest BCUT2D eigenvalue weighted by molar-refractivity contribution is -0.0989. The van der Waals surface area contributed by atoms with Crippen molar-refractivity contribution in [3.8, 4) is 11.5 Å². The summed E-state index contributed by atoms with van der Waals surface area (Å²) in [6.07, 6.45) is -0.821. The van der Waals surface area contributed by atoms with Crippen LogP contribution in [0.3, 0.4) is 0 Å². The molecule has 13 nitrogen and oxygen atoms in total. The summed E-state index contributed by atoms with van der Waals surface area (Å²) < 4.78 is 49.0. The quantitative estimate of drug-likeness (QED) is 0.0940. The number of phosphoric acid groups is 1. The number of nitrogens with two attached hydrogens (primary N) is 1. The Morgan fingerprint density at radius 2 is 1.52 bits per heavy atom. The summed E-state index contributed by atoms with van der Waals surface area (Å²) in [5.41, 5.74) is 5.61. The Morgan fingerprint density at radius 3 is 2.08 bits per heavy atom. The zero-order valence-electron chi connectivity index (χ0n) is 26.9. The van der Waals surface area contributed by atoms with Crippen molar-refractivity contribution in [1.82, 2.24) is 9.55 Å². The van der Waals surface area contributed by atoms with E-state index in [1.807, 2.05) is 78.9 Å². The summed E-state index contributed by atoms with van der Waals surface area (Å²) in [6.45, 7) is 1.36. The van der Waals surface area contributed by atoms with Gasteiger partial charge in [0.05, 0.1) is 33.5 Å². The van der Waals surface area contributed by atoms with Gasteiger partial charge in [-0.2, -0.15) is 0 Å². The predicted molar refractivity (Wildman–Crippen MR) is 177 cm³/mol. The predicted octanol–water partition coefficient (Wildman–Crippen LogP) is 4.01. The molecule has 1 fully saturated rings. The van der Waals surface area contributed by atoms with Crippen molar-refractivity contribution in [2.75, 3.05) is 34.0 Å². The second-order valence-corrected chi connectivity index (χ2v) is 12.7. The minimum absolute atomic E-state index is 0.0730. The first-order valence-electron chi connectivity index (χ1n) is 15.4. The van der Waals surface area contributed by atoms with Crippen LogP contribution in [0.4, 0.5) is 0 Å². The first kappa shape index (κ1) is 35.2. The summed E-state index contributed by atoms with van der Waals surface area (Å²) in [6, 6.07) is 24.5. The minimum Gasteiger partial charge on any atom is -0.497 e. The van der Waals surface area contributed by atoms with Crippen LogP contribution in [0, 0.1) is 6.92 Å². The van der Waals surface area contributed by atoms with Crippen molar-refractivity contribution in [3.05, 3.63) is 128 Å². The molecule has 1 saturated heterocycles. The molecule has 14 heteroatoms. The molecule has 4 N–H and O–H groups in total. The van der Waals surface area contributed by atoms with E-state index in [9.17, 15) is 19.0 Å². The van der Waals surface area contributed by atoms with Crippen LogP contribution in [0.5, 0.6) is 11.5 Å². The molecule has 0 saturated carbocycles. The highest BCUT2D eigenvalue weighted by Gasteiger charge is 2.47. The second kappa shape index (κ2) is 15.4. The molecule has 1 aliphatic heterocycles. The Balaban J connectivity index is 1.62. The Morgan fingerprint density at radius 1 is 0.938 bits per heavy atom. The van der Waals surface area contributed by atoms with E-state index in [0.29, 0.717) is 23.5 Å². The Hall–Kier alpha value is -4.07. The lowest BCUT2D eigenvalue weighted by atomic mass is 9.79. The van der Waals surface area contributed by atoms with Gasteiger partial charge in [-0.25, -0.2) is 9.36 Å². The van der Waals surface area contributed by atoms with Gasteiger partial charge < -0.3 is 29.6 Å². The van der Waals surface area contributed by atoms with Gasteiger partial charge in [-0.3, -0.25) is 23.4 Å². The number of rotatable bonds is 15. The third-order valence-electron chi connectivity index (χ3n) is 8.14. The van der Waals surface area contributed by atoms with Crippen molar-refractivity contribution in [3.63, 3.8) is 0 Å². The van der Waals surface area contributed by atoms with E-state index in [2.05, 4.69) is 4.98 Å². The largest absolute Gasteiger partial charge is 0.497 e. The number of aromatic amines is 1. The molecule has 4 aromatic rings. The first-order chi connectivity index (χ1) is 23.1. The van der Waals surface area contributed by atoms with Gasteiger partial charge in [0.15, 0.2) is 0 Å². The molecule has 0 amide bonds. The van der Waals surface area contributed by atoms with E-state index < -0.39 is 49.7 Å². The lowest BCUT2D eigenvalue weighted by Crippen LogP contribution is -2.41. The fourth-order valence-electron chi connectivity index (χ4n) is 5.67. The van der Waals surface area contributed by atoms with Gasteiger partial charge >= 0.3 is 13.5 Å². The SMILES string of the molecule is COc1ccc(C(O[C@H]2C[C@H](n3cc(C)c(=O)[nH]c3=O)O[C@@H]2COP(=O)(O)OCCCN)(c2ccccc2)c2ccc(OC)cc2)cc1. The number of phosphoric ester groups is 1. The molecular weight excluding hydrogens is 641 g/mol. The van der Waals surface area contributed by atoms with Crippen molar-refractivity contribution < 1.29 is 37.5 Å². The van der Waals surface area contributed by atoms with E-state index in [1.54, 1.807) is 21.1 Å². The average Bonchev–Trinajstić information content (AvgIpc) is 3.50. The van der Waals surface area contributed by atoms with Crippen LogP contribution in [0.15, 0.2) is 94.6 Å². The van der Waals surface area contributed by atoms with Crippen LogP contribution in [-0.4, -0.2) is 60.6 Å². The number of nitrogens with zero attached hydrogens (tertiary/aromatic N) is 1. The fraction of sp³-hybridized carbons (Fsp3) is 0.353. The van der Waals surface area contributed by atoms with Gasteiger partial charge in [-0.05, 0) is 60.8 Å². The topological polar surface area (TPSA) is 174 Å². The average molecular weight is 682 g/mol. The van der Waals surface area contributed by atoms with Crippen LogP contribution in [0.2, 0.25) is 0 Å². The van der Waals surface area contributed by atoms with E-state index in [0.717, 1.165) is 16.7 Å². The molecule has 2 heterocycles. The number of hydrogen-bond acceptors (Lipinski definition) is 10. The third-order valence-corrected chi connectivity index (χ3v) is 9.13. The second-order valence-electron chi connectivity index (χ2n) is 11.2.